The second kappa shape index (κ2) is 3.18. The minimum Gasteiger partial charge on any atom is -0.402 e. The maximum absolute atomic E-state index is 10.1. The quantitative estimate of drug-likeness (QED) is 0.472. The Labute approximate surface area is 51.0 Å². The fourth-order valence-corrected chi connectivity index (χ4v) is 1.22. The minimum atomic E-state index is -3.25. The maximum Gasteiger partial charge on any atom is 0.324 e. The highest BCUT2D eigenvalue weighted by Crippen LogP contribution is 1.81. The van der Waals surface area contributed by atoms with Crippen molar-refractivity contribution in [1.82, 2.24) is 0 Å². The molecule has 0 bridgehead atoms. The maximum atomic E-state index is 10.1. The van der Waals surface area contributed by atoms with Gasteiger partial charge in [0.2, 0.25) is 0 Å². The van der Waals surface area contributed by atoms with E-state index in [1.54, 1.807) is 0 Å². The molecule has 0 saturated carbocycles. The highest BCUT2D eigenvalue weighted by atomic mass is 32.2. The van der Waals surface area contributed by atoms with E-state index in [0.29, 0.717) is 0 Å². The summed E-state index contributed by atoms with van der Waals surface area (Å²) in [6, 6.07) is 0. The van der Waals surface area contributed by atoms with Crippen molar-refractivity contribution in [2.45, 2.75) is 0 Å². The molecule has 0 aromatic rings. The van der Waals surface area contributed by atoms with E-state index in [1.165, 1.54) is 7.11 Å². The Morgan fingerprint density at radius 3 is 2.12 bits per heavy atom. The second-order valence-electron chi connectivity index (χ2n) is 1.23. The predicted octanol–water partition coefficient (Wildman–Crippen LogP) is -1.39. The first-order valence-electron chi connectivity index (χ1n) is 1.89. The van der Waals surface area contributed by atoms with E-state index in [-0.39, 0.29) is 0 Å². The Morgan fingerprint density at radius 2 is 2.00 bits per heavy atom. The van der Waals surface area contributed by atoms with Crippen molar-refractivity contribution in [3.63, 3.8) is 0 Å². The average molecular weight is 156 g/mol. The van der Waals surface area contributed by atoms with Crippen LogP contribution in [0.3, 0.4) is 0 Å². The van der Waals surface area contributed by atoms with Gasteiger partial charge in [-0.3, -0.25) is 3.87 Å². The van der Waals surface area contributed by atoms with Gasteiger partial charge in [-0.25, -0.2) is 8.42 Å². The zero-order valence-corrected chi connectivity index (χ0v) is 6.98. The molecule has 0 heterocycles. The first-order chi connectivity index (χ1) is 3.56. The summed E-state index contributed by atoms with van der Waals surface area (Å²) in [7, 11) is -3.11. The third kappa shape index (κ3) is 6.09. The van der Waals surface area contributed by atoms with Gasteiger partial charge in [0.05, 0.1) is 6.26 Å². The van der Waals surface area contributed by atoms with Crippen LogP contribution in [0.1, 0.15) is 0 Å². The van der Waals surface area contributed by atoms with Crippen LogP contribution >= 0.6 is 0 Å². The van der Waals surface area contributed by atoms with E-state index in [4.69, 9.17) is 0 Å². The topological polar surface area (TPSA) is 52.6 Å². The first-order valence-corrected chi connectivity index (χ1v) is 4.87. The molecule has 0 atom stereocenters. The average Bonchev–Trinajstić information content (AvgIpc) is 1.59. The molecule has 8 heavy (non-hydrogen) atoms. The Hall–Kier alpha value is 0.0869. The van der Waals surface area contributed by atoms with Crippen LogP contribution < -0.4 is 0 Å². The molecular weight excluding hydrogens is 148 g/mol. The van der Waals surface area contributed by atoms with Crippen LogP contribution in [0.15, 0.2) is 0 Å². The van der Waals surface area contributed by atoms with E-state index in [2.05, 4.69) is 8.30 Å². The highest BCUT2D eigenvalue weighted by Gasteiger charge is 1.98. The van der Waals surface area contributed by atoms with Gasteiger partial charge in [0.15, 0.2) is 0 Å². The molecule has 50 valence electrons. The third-order valence-electron chi connectivity index (χ3n) is 0.380. The Bertz CT molecular complexity index is 138. The summed E-state index contributed by atoms with van der Waals surface area (Å²) in [6.45, 7) is 0. The lowest BCUT2D eigenvalue weighted by atomic mass is 11.8. The summed E-state index contributed by atoms with van der Waals surface area (Å²) in [4.78, 5) is 0. The van der Waals surface area contributed by atoms with Crippen molar-refractivity contribution in [3.8, 4) is 0 Å². The van der Waals surface area contributed by atoms with Gasteiger partial charge in [0.25, 0.3) is 10.1 Å². The van der Waals surface area contributed by atoms with Crippen molar-refractivity contribution in [2.24, 2.45) is 0 Å². The summed E-state index contributed by atoms with van der Waals surface area (Å²) in [5, 5.41) is 0. The monoisotopic (exact) mass is 156 g/mol. The zero-order chi connectivity index (χ0) is 6.62. The lowest BCUT2D eigenvalue weighted by molar-refractivity contribution is 0.365. The largest absolute Gasteiger partial charge is 0.402 e. The van der Waals surface area contributed by atoms with Gasteiger partial charge in [0.1, 0.15) is 0 Å². The van der Waals surface area contributed by atoms with Gasteiger partial charge >= 0.3 is 10.0 Å². The SMILES string of the molecule is CO[SiH2]OS(C)(=O)=O. The summed E-state index contributed by atoms with van der Waals surface area (Å²) in [5.74, 6) is 0. The molecule has 6 heteroatoms. The Balaban J connectivity index is 3.42. The van der Waals surface area contributed by atoms with E-state index < -0.39 is 20.1 Å². The van der Waals surface area contributed by atoms with Crippen LogP contribution in [0.25, 0.3) is 0 Å². The summed E-state index contributed by atoms with van der Waals surface area (Å²) < 4.78 is 29.0. The lowest BCUT2D eigenvalue weighted by Gasteiger charge is -1.94. The van der Waals surface area contributed by atoms with E-state index in [9.17, 15) is 8.42 Å². The molecule has 0 N–H and O–H groups in total. The Kier molecular flexibility index (Phi) is 3.21. The molecule has 0 fully saturated rings. The van der Waals surface area contributed by atoms with Gasteiger partial charge in [-0.1, -0.05) is 0 Å². The molecule has 0 radical (unpaired) electrons. The molecule has 0 aliphatic heterocycles. The smallest absolute Gasteiger partial charge is 0.324 e. The van der Waals surface area contributed by atoms with Gasteiger partial charge in [-0.05, 0) is 0 Å². The Morgan fingerprint density at radius 1 is 1.50 bits per heavy atom. The van der Waals surface area contributed by atoms with Gasteiger partial charge in [-0.15, -0.1) is 0 Å². The van der Waals surface area contributed by atoms with Crippen molar-refractivity contribution < 1.29 is 16.7 Å². The number of hydrogen-bond acceptors (Lipinski definition) is 4. The van der Waals surface area contributed by atoms with Crippen molar-refractivity contribution in [3.05, 3.63) is 0 Å². The molecule has 4 nitrogen and oxygen atoms in total. The van der Waals surface area contributed by atoms with Crippen LogP contribution in [-0.4, -0.2) is 31.8 Å². The van der Waals surface area contributed by atoms with E-state index in [1.807, 2.05) is 0 Å². The van der Waals surface area contributed by atoms with Crippen molar-refractivity contribution in [2.75, 3.05) is 13.4 Å². The molecule has 0 amide bonds. The molecule has 0 aromatic carbocycles. The van der Waals surface area contributed by atoms with Gasteiger partial charge in [0, 0.05) is 7.11 Å². The van der Waals surface area contributed by atoms with E-state index >= 15 is 0 Å². The molecule has 0 aromatic heterocycles. The molecule has 0 saturated heterocycles. The highest BCUT2D eigenvalue weighted by molar-refractivity contribution is 7.86. The summed E-state index contributed by atoms with van der Waals surface area (Å²) in [6.07, 6.45) is 0.999. The van der Waals surface area contributed by atoms with Crippen molar-refractivity contribution >= 4 is 20.1 Å². The zero-order valence-electron chi connectivity index (χ0n) is 4.75. The first kappa shape index (κ1) is 8.09. The second-order valence-corrected chi connectivity index (χ2v) is 4.39. The molecular formula is C2H8O4SSi. The predicted molar refractivity (Wildman–Crippen MR) is 31.5 cm³/mol. The van der Waals surface area contributed by atoms with Gasteiger partial charge < -0.3 is 4.43 Å². The summed E-state index contributed by atoms with van der Waals surface area (Å²) in [5.41, 5.74) is 0. The van der Waals surface area contributed by atoms with Gasteiger partial charge in [-0.2, -0.15) is 0 Å². The molecule has 0 unspecified atom stereocenters. The van der Waals surface area contributed by atoms with Crippen LogP contribution in [0, 0.1) is 0 Å². The van der Waals surface area contributed by atoms with Crippen LogP contribution in [-0.2, 0) is 18.4 Å². The molecule has 0 spiro atoms. The normalized spacial score (nSPS) is 13.2. The van der Waals surface area contributed by atoms with Crippen LogP contribution in [0.4, 0.5) is 0 Å². The minimum absolute atomic E-state index is 0.999. The fourth-order valence-electron chi connectivity index (χ4n) is 0.136. The van der Waals surface area contributed by atoms with Crippen LogP contribution in [0.2, 0.25) is 0 Å². The number of hydrogen-bond donors (Lipinski definition) is 0. The molecule has 0 rings (SSSR count). The molecule has 0 aliphatic rings. The van der Waals surface area contributed by atoms with Crippen molar-refractivity contribution in [1.29, 1.82) is 0 Å². The van der Waals surface area contributed by atoms with E-state index in [0.717, 1.165) is 6.26 Å². The number of rotatable bonds is 3. The summed E-state index contributed by atoms with van der Waals surface area (Å²) >= 11 is 0. The third-order valence-corrected chi connectivity index (χ3v) is 2.71. The molecule has 0 aliphatic carbocycles. The fraction of sp³-hybridized carbons (Fsp3) is 1.00. The standard InChI is InChI=1S/C2H8O4SSi/c1-5-8-6-7(2,3)4/h8H2,1-2H3. The lowest BCUT2D eigenvalue weighted by Crippen LogP contribution is -2.08. The van der Waals surface area contributed by atoms with Crippen LogP contribution in [0.5, 0.6) is 0 Å².